The normalized spacial score (nSPS) is 17.2. The minimum absolute atomic E-state index is 0.114. The Kier molecular flexibility index (Phi) is 5.33. The number of amides is 1. The van der Waals surface area contributed by atoms with Crippen LogP contribution in [0.3, 0.4) is 0 Å². The van der Waals surface area contributed by atoms with Crippen LogP contribution in [-0.4, -0.2) is 41.1 Å². The predicted octanol–water partition coefficient (Wildman–Crippen LogP) is 1.93. The molecule has 1 aliphatic rings. The number of nitrogens with zero attached hydrogens (tertiary/aromatic N) is 1. The lowest BCUT2D eigenvalue weighted by molar-refractivity contribution is -0.118. The molecule has 2 aromatic carbocycles. The molecule has 0 saturated carbocycles. The number of ether oxygens (including phenoxy) is 2. The maximum Gasteiger partial charge on any atom is 0.245 e. The van der Waals surface area contributed by atoms with Gasteiger partial charge in [-0.3, -0.25) is 4.79 Å². The third-order valence-electron chi connectivity index (χ3n) is 4.30. The van der Waals surface area contributed by atoms with Crippen LogP contribution in [0.25, 0.3) is 0 Å². The molecule has 0 bridgehead atoms. The Balaban J connectivity index is 1.83. The monoisotopic (exact) mass is 394 g/mol. The van der Waals surface area contributed by atoms with E-state index in [1.54, 1.807) is 6.07 Å². The number of halogens is 1. The van der Waals surface area contributed by atoms with Crippen molar-refractivity contribution in [2.75, 3.05) is 25.7 Å². The number of anilines is 1. The fourth-order valence-corrected chi connectivity index (χ4v) is 4.32. The van der Waals surface area contributed by atoms with Crippen molar-refractivity contribution in [3.63, 3.8) is 0 Å². The Labute approximate surface area is 156 Å². The van der Waals surface area contributed by atoms with Gasteiger partial charge < -0.3 is 14.4 Å². The lowest BCUT2D eigenvalue weighted by Crippen LogP contribution is -2.41. The van der Waals surface area contributed by atoms with Crippen LogP contribution in [0, 0.1) is 5.82 Å². The summed E-state index contributed by atoms with van der Waals surface area (Å²) in [5.41, 5.74) is 0.516. The Morgan fingerprint density at radius 3 is 2.44 bits per heavy atom. The van der Waals surface area contributed by atoms with E-state index in [-0.39, 0.29) is 10.6 Å². The average molecular weight is 394 g/mol. The fourth-order valence-electron chi connectivity index (χ4n) is 2.91. The molecule has 1 heterocycles. The van der Waals surface area contributed by atoms with Gasteiger partial charge >= 0.3 is 0 Å². The van der Waals surface area contributed by atoms with Gasteiger partial charge in [-0.25, -0.2) is 12.8 Å². The number of nitrogens with one attached hydrogen (secondary N) is 1. The van der Waals surface area contributed by atoms with Gasteiger partial charge in [0, 0.05) is 18.3 Å². The lowest BCUT2D eigenvalue weighted by atomic mass is 10.3. The van der Waals surface area contributed by atoms with Crippen LogP contribution >= 0.6 is 0 Å². The van der Waals surface area contributed by atoms with Gasteiger partial charge in [0.25, 0.3) is 0 Å². The summed E-state index contributed by atoms with van der Waals surface area (Å²) < 4.78 is 51.3. The molecular weight excluding hydrogens is 375 g/mol. The third-order valence-corrected chi connectivity index (χ3v) is 5.79. The second kappa shape index (κ2) is 7.53. The first-order chi connectivity index (χ1) is 12.9. The SMILES string of the molecule is COc1ccc(OC)c(S(=O)(=O)NC2CCN(c3ccc(F)cc3)C2=O)c1. The molecule has 1 unspecified atom stereocenters. The fraction of sp³-hybridized carbons (Fsp3) is 0.278. The minimum Gasteiger partial charge on any atom is -0.497 e. The molecule has 3 rings (SSSR count). The number of carbonyl (C=O) groups is 1. The molecule has 27 heavy (non-hydrogen) atoms. The van der Waals surface area contributed by atoms with E-state index in [1.165, 1.54) is 55.5 Å². The van der Waals surface area contributed by atoms with E-state index in [2.05, 4.69) is 4.72 Å². The largest absolute Gasteiger partial charge is 0.497 e. The van der Waals surface area contributed by atoms with Gasteiger partial charge in [0.1, 0.15) is 28.3 Å². The summed E-state index contributed by atoms with van der Waals surface area (Å²) in [6, 6.07) is 8.94. The Bertz CT molecular complexity index is 947. The number of hydrogen-bond acceptors (Lipinski definition) is 5. The van der Waals surface area contributed by atoms with Gasteiger partial charge in [0.05, 0.1) is 14.2 Å². The van der Waals surface area contributed by atoms with Crippen LogP contribution in [0.15, 0.2) is 47.4 Å². The molecule has 2 aromatic rings. The molecule has 1 amide bonds. The van der Waals surface area contributed by atoms with Crippen molar-refractivity contribution >= 4 is 21.6 Å². The van der Waals surface area contributed by atoms with Crippen LogP contribution in [0.4, 0.5) is 10.1 Å². The summed E-state index contributed by atoms with van der Waals surface area (Å²) in [5.74, 6) is -0.314. The zero-order valence-corrected chi connectivity index (χ0v) is 15.6. The van der Waals surface area contributed by atoms with Gasteiger partial charge in [-0.15, -0.1) is 0 Å². The van der Waals surface area contributed by atoms with Crippen LogP contribution in [0.2, 0.25) is 0 Å². The highest BCUT2D eigenvalue weighted by atomic mass is 32.2. The quantitative estimate of drug-likeness (QED) is 0.809. The standard InChI is InChI=1S/C18H19FN2O5S/c1-25-14-7-8-16(26-2)17(11-14)27(23,24)20-15-9-10-21(18(15)22)13-5-3-12(19)4-6-13/h3-8,11,15,20H,9-10H2,1-2H3. The number of sulfonamides is 1. The van der Waals surface area contributed by atoms with Crippen LogP contribution < -0.4 is 19.1 Å². The van der Waals surface area contributed by atoms with Crippen LogP contribution in [0.1, 0.15) is 6.42 Å². The molecule has 1 N–H and O–H groups in total. The molecule has 1 atom stereocenters. The summed E-state index contributed by atoms with van der Waals surface area (Å²) in [6.45, 7) is 0.326. The van der Waals surface area contributed by atoms with Gasteiger partial charge in [0.15, 0.2) is 0 Å². The zero-order chi connectivity index (χ0) is 19.6. The Morgan fingerprint density at radius 2 is 1.81 bits per heavy atom. The van der Waals surface area contributed by atoms with Crippen molar-refractivity contribution in [2.24, 2.45) is 0 Å². The van der Waals surface area contributed by atoms with Crippen LogP contribution in [0.5, 0.6) is 11.5 Å². The third kappa shape index (κ3) is 3.88. The van der Waals surface area contributed by atoms with Crippen molar-refractivity contribution in [3.8, 4) is 11.5 Å². The summed E-state index contributed by atoms with van der Waals surface area (Å²) in [4.78, 5) is 13.9. The number of benzene rings is 2. The van der Waals surface area contributed by atoms with Gasteiger partial charge in [-0.1, -0.05) is 0 Å². The first-order valence-corrected chi connectivity index (χ1v) is 9.65. The zero-order valence-electron chi connectivity index (χ0n) is 14.8. The van der Waals surface area contributed by atoms with E-state index >= 15 is 0 Å². The smallest absolute Gasteiger partial charge is 0.245 e. The van der Waals surface area contributed by atoms with E-state index < -0.39 is 27.8 Å². The first-order valence-electron chi connectivity index (χ1n) is 8.17. The lowest BCUT2D eigenvalue weighted by Gasteiger charge is -2.18. The van der Waals surface area contributed by atoms with Crippen LogP contribution in [-0.2, 0) is 14.8 Å². The molecule has 0 radical (unpaired) electrons. The molecule has 1 fully saturated rings. The Morgan fingerprint density at radius 1 is 1.11 bits per heavy atom. The predicted molar refractivity (Wildman–Crippen MR) is 97.0 cm³/mol. The van der Waals surface area contributed by atoms with E-state index in [0.717, 1.165) is 0 Å². The molecule has 0 aromatic heterocycles. The number of rotatable bonds is 6. The molecule has 0 spiro atoms. The highest BCUT2D eigenvalue weighted by Crippen LogP contribution is 2.29. The van der Waals surface area contributed by atoms with Crippen molar-refractivity contribution in [1.29, 1.82) is 0 Å². The van der Waals surface area contributed by atoms with Crippen molar-refractivity contribution in [1.82, 2.24) is 4.72 Å². The minimum atomic E-state index is -4.03. The van der Waals surface area contributed by atoms with Gasteiger partial charge in [0.2, 0.25) is 15.9 Å². The first kappa shape index (κ1) is 19.1. The van der Waals surface area contributed by atoms with Crippen molar-refractivity contribution in [3.05, 3.63) is 48.3 Å². The van der Waals surface area contributed by atoms with E-state index in [0.29, 0.717) is 24.4 Å². The highest BCUT2D eigenvalue weighted by molar-refractivity contribution is 7.89. The highest BCUT2D eigenvalue weighted by Gasteiger charge is 2.36. The summed E-state index contributed by atoms with van der Waals surface area (Å²) in [7, 11) is -1.24. The average Bonchev–Trinajstić information content (AvgIpc) is 3.01. The number of methoxy groups -OCH3 is 2. The summed E-state index contributed by atoms with van der Waals surface area (Å²) in [5, 5.41) is 0. The second-order valence-corrected chi connectivity index (χ2v) is 7.63. The molecule has 144 valence electrons. The van der Waals surface area contributed by atoms with Gasteiger partial charge in [-0.05, 0) is 42.8 Å². The molecule has 1 aliphatic heterocycles. The molecular formula is C18H19FN2O5S. The van der Waals surface area contributed by atoms with Crippen molar-refractivity contribution in [2.45, 2.75) is 17.4 Å². The number of hydrogen-bond donors (Lipinski definition) is 1. The maximum atomic E-state index is 13.1. The summed E-state index contributed by atoms with van der Waals surface area (Å²) >= 11 is 0. The number of carbonyl (C=O) groups excluding carboxylic acids is 1. The van der Waals surface area contributed by atoms with Gasteiger partial charge in [-0.2, -0.15) is 4.72 Å². The molecule has 9 heteroatoms. The van der Waals surface area contributed by atoms with Crippen molar-refractivity contribution < 1.29 is 27.1 Å². The molecule has 7 nitrogen and oxygen atoms in total. The van der Waals surface area contributed by atoms with E-state index in [1.807, 2.05) is 0 Å². The second-order valence-electron chi connectivity index (χ2n) is 5.95. The topological polar surface area (TPSA) is 84.9 Å². The maximum absolute atomic E-state index is 13.1. The van der Waals surface area contributed by atoms with E-state index in [9.17, 15) is 17.6 Å². The molecule has 0 aliphatic carbocycles. The Hall–Kier alpha value is -2.65. The summed E-state index contributed by atoms with van der Waals surface area (Å²) in [6.07, 6.45) is 0.293. The molecule has 1 saturated heterocycles. The van der Waals surface area contributed by atoms with E-state index in [4.69, 9.17) is 9.47 Å².